The summed E-state index contributed by atoms with van der Waals surface area (Å²) in [6, 6.07) is 0. The van der Waals surface area contributed by atoms with E-state index in [1.807, 2.05) is 5.43 Å². The standard InChI is InChI=1S/C16H30N4O4S2/c1-4-13(21)11(2)9-14(22)18-5-7-25-26-8-6-19-15(23)10-12(3)16(24)20-17/h11-12H,4-10,17H2,1-3H3,(H,18,22)(H,19,23)(H,20,24). The third-order valence-corrected chi connectivity index (χ3v) is 5.98. The van der Waals surface area contributed by atoms with Gasteiger partial charge in [0.15, 0.2) is 0 Å². The van der Waals surface area contributed by atoms with Crippen LogP contribution in [0.25, 0.3) is 0 Å². The molecular weight excluding hydrogens is 376 g/mol. The van der Waals surface area contributed by atoms with Gasteiger partial charge in [0.2, 0.25) is 17.7 Å². The molecule has 26 heavy (non-hydrogen) atoms. The lowest BCUT2D eigenvalue weighted by Crippen LogP contribution is -2.37. The van der Waals surface area contributed by atoms with Crippen molar-refractivity contribution in [2.24, 2.45) is 17.7 Å². The van der Waals surface area contributed by atoms with E-state index in [4.69, 9.17) is 5.84 Å². The first-order chi connectivity index (χ1) is 12.3. The Morgan fingerprint density at radius 2 is 1.35 bits per heavy atom. The van der Waals surface area contributed by atoms with E-state index in [0.717, 1.165) is 11.5 Å². The van der Waals surface area contributed by atoms with Gasteiger partial charge in [-0.1, -0.05) is 42.4 Å². The van der Waals surface area contributed by atoms with Crippen molar-refractivity contribution in [1.29, 1.82) is 0 Å². The van der Waals surface area contributed by atoms with Crippen molar-refractivity contribution in [2.45, 2.75) is 40.0 Å². The number of ketones is 1. The number of rotatable bonds is 14. The summed E-state index contributed by atoms with van der Waals surface area (Å²) in [4.78, 5) is 45.9. The minimum atomic E-state index is -0.457. The monoisotopic (exact) mass is 406 g/mol. The second-order valence-electron chi connectivity index (χ2n) is 5.88. The molecule has 0 aliphatic carbocycles. The number of carbonyl (C=O) groups excluding carboxylic acids is 4. The van der Waals surface area contributed by atoms with E-state index in [-0.39, 0.29) is 42.3 Å². The minimum absolute atomic E-state index is 0.102. The van der Waals surface area contributed by atoms with Gasteiger partial charge in [0.1, 0.15) is 5.78 Å². The molecular formula is C16H30N4O4S2. The number of hydrogen-bond acceptors (Lipinski definition) is 7. The molecule has 0 aromatic heterocycles. The van der Waals surface area contributed by atoms with Gasteiger partial charge in [0.25, 0.3) is 0 Å². The first-order valence-corrected chi connectivity index (χ1v) is 11.1. The molecule has 0 bridgehead atoms. The van der Waals surface area contributed by atoms with Gasteiger partial charge in [-0.25, -0.2) is 5.84 Å². The molecule has 0 aromatic rings. The molecule has 8 nitrogen and oxygen atoms in total. The van der Waals surface area contributed by atoms with Gasteiger partial charge in [-0.15, -0.1) is 0 Å². The van der Waals surface area contributed by atoms with Gasteiger partial charge in [0.05, 0.1) is 0 Å². The van der Waals surface area contributed by atoms with Crippen molar-refractivity contribution in [3.8, 4) is 0 Å². The van der Waals surface area contributed by atoms with Crippen LogP contribution in [0.4, 0.5) is 0 Å². The van der Waals surface area contributed by atoms with Gasteiger partial charge >= 0.3 is 0 Å². The van der Waals surface area contributed by atoms with Crippen molar-refractivity contribution in [3.05, 3.63) is 0 Å². The second-order valence-corrected chi connectivity index (χ2v) is 8.58. The molecule has 150 valence electrons. The highest BCUT2D eigenvalue weighted by molar-refractivity contribution is 8.76. The first kappa shape index (κ1) is 24.7. The molecule has 0 aliphatic heterocycles. The molecule has 0 aliphatic rings. The summed E-state index contributed by atoms with van der Waals surface area (Å²) in [7, 11) is 3.20. The summed E-state index contributed by atoms with van der Waals surface area (Å²) in [6.45, 7) is 6.26. The average molecular weight is 407 g/mol. The predicted octanol–water partition coefficient (Wildman–Crippen LogP) is 0.622. The Hall–Kier alpha value is -1.26. The van der Waals surface area contributed by atoms with Crippen molar-refractivity contribution in [2.75, 3.05) is 24.6 Å². The molecule has 2 atom stereocenters. The summed E-state index contributed by atoms with van der Waals surface area (Å²) in [6.07, 6.45) is 0.791. The van der Waals surface area contributed by atoms with E-state index in [1.54, 1.807) is 42.4 Å². The van der Waals surface area contributed by atoms with Crippen molar-refractivity contribution in [1.82, 2.24) is 16.1 Å². The summed E-state index contributed by atoms with van der Waals surface area (Å²) in [5.74, 6) is 5.24. The number of carbonyl (C=O) groups is 4. The number of Topliss-reactive ketones (excluding diaryl/α,β-unsaturated/α-hetero) is 1. The topological polar surface area (TPSA) is 130 Å². The number of nitrogens with two attached hydrogens (primary N) is 1. The lowest BCUT2D eigenvalue weighted by Gasteiger charge is -2.10. The molecule has 0 radical (unpaired) electrons. The Bertz CT molecular complexity index is 435. The van der Waals surface area contributed by atoms with E-state index >= 15 is 0 Å². The smallest absolute Gasteiger partial charge is 0.237 e. The van der Waals surface area contributed by atoms with E-state index in [0.29, 0.717) is 19.5 Å². The van der Waals surface area contributed by atoms with E-state index < -0.39 is 5.92 Å². The van der Waals surface area contributed by atoms with Crippen LogP contribution < -0.4 is 21.9 Å². The third kappa shape index (κ3) is 12.2. The molecule has 0 heterocycles. The van der Waals surface area contributed by atoms with E-state index in [2.05, 4.69) is 10.6 Å². The zero-order valence-corrected chi connectivity index (χ0v) is 17.3. The van der Waals surface area contributed by atoms with Crippen molar-refractivity contribution >= 4 is 45.1 Å². The quantitative estimate of drug-likeness (QED) is 0.109. The third-order valence-electron chi connectivity index (χ3n) is 3.57. The number of amides is 3. The number of hydrogen-bond donors (Lipinski definition) is 4. The highest BCUT2D eigenvalue weighted by Gasteiger charge is 2.16. The maximum Gasteiger partial charge on any atom is 0.237 e. The van der Waals surface area contributed by atoms with Gasteiger partial charge < -0.3 is 10.6 Å². The van der Waals surface area contributed by atoms with Gasteiger partial charge in [-0.2, -0.15) is 0 Å². The highest BCUT2D eigenvalue weighted by Crippen LogP contribution is 2.19. The Kier molecular flexibility index (Phi) is 14.1. The average Bonchev–Trinajstić information content (AvgIpc) is 2.61. The molecule has 0 saturated carbocycles. The normalized spacial score (nSPS) is 12.8. The van der Waals surface area contributed by atoms with Crippen LogP contribution in [0.1, 0.15) is 40.0 Å². The maximum atomic E-state index is 11.7. The van der Waals surface area contributed by atoms with Crippen LogP contribution in [0.15, 0.2) is 0 Å². The van der Waals surface area contributed by atoms with Crippen LogP contribution in [0, 0.1) is 11.8 Å². The van der Waals surface area contributed by atoms with Gasteiger partial charge in [-0.3, -0.25) is 24.6 Å². The molecule has 2 unspecified atom stereocenters. The predicted molar refractivity (Wildman–Crippen MR) is 106 cm³/mol. The molecule has 3 amide bonds. The Balaban J connectivity index is 3.59. The molecule has 5 N–H and O–H groups in total. The van der Waals surface area contributed by atoms with Crippen LogP contribution in [-0.4, -0.2) is 48.1 Å². The fourth-order valence-corrected chi connectivity index (χ4v) is 3.79. The van der Waals surface area contributed by atoms with E-state index in [9.17, 15) is 19.2 Å². The molecule has 0 saturated heterocycles. The molecule has 10 heteroatoms. The molecule has 0 spiro atoms. The Labute approximate surface area is 162 Å². The van der Waals surface area contributed by atoms with Crippen LogP contribution in [0.5, 0.6) is 0 Å². The summed E-state index contributed by atoms with van der Waals surface area (Å²) < 4.78 is 0. The lowest BCUT2D eigenvalue weighted by molar-refractivity contribution is -0.129. The fourth-order valence-electron chi connectivity index (χ4n) is 1.98. The van der Waals surface area contributed by atoms with Crippen LogP contribution >= 0.6 is 21.6 Å². The van der Waals surface area contributed by atoms with Crippen LogP contribution in [-0.2, 0) is 19.2 Å². The van der Waals surface area contributed by atoms with Crippen molar-refractivity contribution in [3.63, 3.8) is 0 Å². The Morgan fingerprint density at radius 3 is 1.77 bits per heavy atom. The van der Waals surface area contributed by atoms with Gasteiger partial charge in [0, 0.05) is 55.7 Å². The van der Waals surface area contributed by atoms with Crippen molar-refractivity contribution < 1.29 is 19.2 Å². The number of nitrogens with one attached hydrogen (secondary N) is 3. The SMILES string of the molecule is CCC(=O)C(C)CC(=O)NCCSSCCNC(=O)CC(C)C(=O)NN. The highest BCUT2D eigenvalue weighted by atomic mass is 33.1. The zero-order valence-electron chi connectivity index (χ0n) is 15.6. The maximum absolute atomic E-state index is 11.7. The second kappa shape index (κ2) is 14.9. The Morgan fingerprint density at radius 1 is 0.885 bits per heavy atom. The number of hydrazine groups is 1. The van der Waals surface area contributed by atoms with Crippen LogP contribution in [0.2, 0.25) is 0 Å². The lowest BCUT2D eigenvalue weighted by atomic mass is 10.0. The first-order valence-electron chi connectivity index (χ1n) is 8.62. The summed E-state index contributed by atoms with van der Waals surface area (Å²) in [5, 5.41) is 5.54. The van der Waals surface area contributed by atoms with E-state index in [1.165, 1.54) is 0 Å². The summed E-state index contributed by atoms with van der Waals surface area (Å²) in [5.41, 5.74) is 2.02. The zero-order chi connectivity index (χ0) is 19.9. The fraction of sp³-hybridized carbons (Fsp3) is 0.750. The largest absolute Gasteiger partial charge is 0.355 e. The minimum Gasteiger partial charge on any atom is -0.355 e. The van der Waals surface area contributed by atoms with Gasteiger partial charge in [-0.05, 0) is 0 Å². The summed E-state index contributed by atoms with van der Waals surface area (Å²) >= 11 is 0. The molecule has 0 aromatic carbocycles. The van der Waals surface area contributed by atoms with Crippen LogP contribution in [0.3, 0.4) is 0 Å². The molecule has 0 fully saturated rings. The molecule has 0 rings (SSSR count).